The SMILES string of the molecule is NC1=NCCC(C2CCCCC2)CC1. The van der Waals surface area contributed by atoms with Gasteiger partial charge in [0.2, 0.25) is 0 Å². The fourth-order valence-electron chi connectivity index (χ4n) is 3.01. The first-order chi connectivity index (χ1) is 6.86. The molecule has 1 saturated carbocycles. The fraction of sp³-hybridized carbons (Fsp3) is 0.917. The van der Waals surface area contributed by atoms with Gasteiger partial charge < -0.3 is 5.73 Å². The smallest absolute Gasteiger partial charge is 0.0937 e. The molecule has 0 amide bonds. The molecule has 1 heterocycles. The lowest BCUT2D eigenvalue weighted by molar-refractivity contribution is 0.232. The molecule has 14 heavy (non-hydrogen) atoms. The Kier molecular flexibility index (Phi) is 3.44. The van der Waals surface area contributed by atoms with Crippen LogP contribution in [0, 0.1) is 11.8 Å². The topological polar surface area (TPSA) is 38.4 Å². The van der Waals surface area contributed by atoms with E-state index in [2.05, 4.69) is 4.99 Å². The van der Waals surface area contributed by atoms with Gasteiger partial charge in [0.15, 0.2) is 0 Å². The minimum Gasteiger partial charge on any atom is -0.387 e. The lowest BCUT2D eigenvalue weighted by Crippen LogP contribution is -2.19. The molecule has 2 heteroatoms. The average Bonchev–Trinajstić information content (AvgIpc) is 2.44. The van der Waals surface area contributed by atoms with Crippen LogP contribution in [-0.4, -0.2) is 12.4 Å². The summed E-state index contributed by atoms with van der Waals surface area (Å²) in [5.74, 6) is 2.80. The van der Waals surface area contributed by atoms with Gasteiger partial charge in [-0.25, -0.2) is 0 Å². The van der Waals surface area contributed by atoms with E-state index in [1.54, 1.807) is 0 Å². The van der Waals surface area contributed by atoms with Crippen LogP contribution in [0.15, 0.2) is 4.99 Å². The molecule has 1 atom stereocenters. The van der Waals surface area contributed by atoms with Crippen molar-refractivity contribution < 1.29 is 0 Å². The minimum absolute atomic E-state index is 0.892. The highest BCUT2D eigenvalue weighted by Crippen LogP contribution is 2.34. The van der Waals surface area contributed by atoms with Gasteiger partial charge in [-0.15, -0.1) is 0 Å². The summed E-state index contributed by atoms with van der Waals surface area (Å²) in [6, 6.07) is 0. The number of rotatable bonds is 1. The number of hydrogen-bond acceptors (Lipinski definition) is 2. The van der Waals surface area contributed by atoms with Crippen LogP contribution in [0.4, 0.5) is 0 Å². The summed E-state index contributed by atoms with van der Waals surface area (Å²) in [6.45, 7) is 0.979. The second kappa shape index (κ2) is 4.81. The van der Waals surface area contributed by atoms with E-state index >= 15 is 0 Å². The lowest BCUT2D eigenvalue weighted by Gasteiger charge is -2.29. The van der Waals surface area contributed by atoms with Gasteiger partial charge in [0.1, 0.15) is 0 Å². The summed E-state index contributed by atoms with van der Waals surface area (Å²) in [6.07, 6.45) is 10.9. The van der Waals surface area contributed by atoms with Gasteiger partial charge in [-0.05, 0) is 24.7 Å². The third-order valence-electron chi connectivity index (χ3n) is 3.90. The third-order valence-corrected chi connectivity index (χ3v) is 3.90. The second-order valence-electron chi connectivity index (χ2n) is 4.86. The van der Waals surface area contributed by atoms with Crippen LogP contribution >= 0.6 is 0 Å². The van der Waals surface area contributed by atoms with Crippen molar-refractivity contribution in [2.75, 3.05) is 6.54 Å². The zero-order valence-electron chi connectivity index (χ0n) is 9.04. The molecular weight excluding hydrogens is 172 g/mol. The minimum atomic E-state index is 0.892. The maximum atomic E-state index is 5.78. The van der Waals surface area contributed by atoms with Gasteiger partial charge in [0, 0.05) is 13.0 Å². The molecule has 2 nitrogen and oxygen atoms in total. The fourth-order valence-corrected chi connectivity index (χ4v) is 3.01. The van der Waals surface area contributed by atoms with E-state index in [1.807, 2.05) is 0 Å². The predicted molar refractivity (Wildman–Crippen MR) is 60.4 cm³/mol. The Morgan fingerprint density at radius 2 is 1.64 bits per heavy atom. The normalized spacial score (nSPS) is 30.9. The third kappa shape index (κ3) is 2.49. The molecule has 1 unspecified atom stereocenters. The number of nitrogens with zero attached hydrogens (tertiary/aromatic N) is 1. The van der Waals surface area contributed by atoms with Gasteiger partial charge in [0.25, 0.3) is 0 Å². The Morgan fingerprint density at radius 1 is 0.929 bits per heavy atom. The van der Waals surface area contributed by atoms with Gasteiger partial charge in [-0.2, -0.15) is 0 Å². The highest BCUT2D eigenvalue weighted by molar-refractivity contribution is 5.80. The molecule has 2 aliphatic rings. The van der Waals surface area contributed by atoms with Crippen molar-refractivity contribution >= 4 is 5.84 Å². The average molecular weight is 194 g/mol. The second-order valence-corrected chi connectivity index (χ2v) is 4.86. The zero-order valence-corrected chi connectivity index (χ0v) is 9.04. The van der Waals surface area contributed by atoms with Crippen LogP contribution < -0.4 is 5.73 Å². The van der Waals surface area contributed by atoms with Gasteiger partial charge in [-0.1, -0.05) is 32.1 Å². The van der Waals surface area contributed by atoms with Crippen molar-refractivity contribution in [2.45, 2.75) is 51.4 Å². The van der Waals surface area contributed by atoms with Crippen molar-refractivity contribution in [1.29, 1.82) is 0 Å². The molecular formula is C12H22N2. The Balaban J connectivity index is 1.85. The van der Waals surface area contributed by atoms with Gasteiger partial charge >= 0.3 is 0 Å². The molecule has 0 aromatic rings. The standard InChI is InChI=1S/C12H22N2/c13-12-7-6-11(8-9-14-12)10-4-2-1-3-5-10/h10-11H,1-9H2,(H2,13,14). The van der Waals surface area contributed by atoms with E-state index in [-0.39, 0.29) is 0 Å². The first kappa shape index (κ1) is 10.0. The molecule has 80 valence electrons. The van der Waals surface area contributed by atoms with E-state index in [1.165, 1.54) is 44.9 Å². The Labute approximate surface area is 87.0 Å². The van der Waals surface area contributed by atoms with Crippen molar-refractivity contribution in [3.8, 4) is 0 Å². The Morgan fingerprint density at radius 3 is 2.43 bits per heavy atom. The number of nitrogens with two attached hydrogens (primary N) is 1. The van der Waals surface area contributed by atoms with Crippen molar-refractivity contribution in [3.63, 3.8) is 0 Å². The summed E-state index contributed by atoms with van der Waals surface area (Å²) in [5, 5.41) is 0. The van der Waals surface area contributed by atoms with E-state index in [0.717, 1.165) is 30.6 Å². The molecule has 2 N–H and O–H groups in total. The van der Waals surface area contributed by atoms with E-state index in [9.17, 15) is 0 Å². The quantitative estimate of drug-likeness (QED) is 0.685. The zero-order chi connectivity index (χ0) is 9.80. The molecule has 0 saturated heterocycles. The summed E-state index contributed by atoms with van der Waals surface area (Å²) in [4.78, 5) is 4.36. The largest absolute Gasteiger partial charge is 0.387 e. The molecule has 0 aromatic carbocycles. The van der Waals surface area contributed by atoms with Gasteiger partial charge in [-0.3, -0.25) is 4.99 Å². The summed E-state index contributed by atoms with van der Waals surface area (Å²) in [7, 11) is 0. The molecule has 0 aromatic heterocycles. The van der Waals surface area contributed by atoms with E-state index in [4.69, 9.17) is 5.73 Å². The molecule has 0 radical (unpaired) electrons. The van der Waals surface area contributed by atoms with Crippen LogP contribution in [0.1, 0.15) is 51.4 Å². The van der Waals surface area contributed by atoms with Crippen molar-refractivity contribution in [2.24, 2.45) is 22.6 Å². The van der Waals surface area contributed by atoms with Crippen LogP contribution in [-0.2, 0) is 0 Å². The predicted octanol–water partition coefficient (Wildman–Crippen LogP) is 2.72. The maximum absolute atomic E-state index is 5.78. The molecule has 0 spiro atoms. The molecule has 2 rings (SSSR count). The summed E-state index contributed by atoms with van der Waals surface area (Å²) < 4.78 is 0. The van der Waals surface area contributed by atoms with Gasteiger partial charge in [0.05, 0.1) is 5.84 Å². The first-order valence-electron chi connectivity index (χ1n) is 6.15. The molecule has 1 aliphatic heterocycles. The van der Waals surface area contributed by atoms with E-state index < -0.39 is 0 Å². The molecule has 1 aliphatic carbocycles. The van der Waals surface area contributed by atoms with Crippen molar-refractivity contribution in [3.05, 3.63) is 0 Å². The van der Waals surface area contributed by atoms with Crippen LogP contribution in [0.25, 0.3) is 0 Å². The lowest BCUT2D eigenvalue weighted by atomic mass is 9.77. The Bertz CT molecular complexity index is 204. The highest BCUT2D eigenvalue weighted by Gasteiger charge is 2.24. The number of hydrogen-bond donors (Lipinski definition) is 1. The summed E-state index contributed by atoms with van der Waals surface area (Å²) in [5.41, 5.74) is 5.78. The summed E-state index contributed by atoms with van der Waals surface area (Å²) >= 11 is 0. The maximum Gasteiger partial charge on any atom is 0.0937 e. The molecule has 0 bridgehead atoms. The van der Waals surface area contributed by atoms with E-state index in [0.29, 0.717) is 0 Å². The van der Waals surface area contributed by atoms with Crippen LogP contribution in [0.2, 0.25) is 0 Å². The monoisotopic (exact) mass is 194 g/mol. The highest BCUT2D eigenvalue weighted by atomic mass is 14.8. The van der Waals surface area contributed by atoms with Crippen LogP contribution in [0.3, 0.4) is 0 Å². The first-order valence-corrected chi connectivity index (χ1v) is 6.15. The number of amidine groups is 1. The number of aliphatic imine (C=N–C) groups is 1. The van der Waals surface area contributed by atoms with Crippen molar-refractivity contribution in [1.82, 2.24) is 0 Å². The Hall–Kier alpha value is -0.530. The van der Waals surface area contributed by atoms with Crippen LogP contribution in [0.5, 0.6) is 0 Å². The molecule has 1 fully saturated rings.